The SMILES string of the molecule is CCCNS(=O)(=O)c1cc([N+](=O)[O-])ccc1Oc1c(C)c(C(=O)NC[C@H]2CCCO2)nn1-c1ccc(OC)cc1. The number of ether oxygens (including phenoxy) is 3. The van der Waals surface area contributed by atoms with E-state index in [2.05, 4.69) is 15.1 Å². The van der Waals surface area contributed by atoms with Crippen LogP contribution in [0.1, 0.15) is 42.2 Å². The van der Waals surface area contributed by atoms with Crippen LogP contribution in [0.4, 0.5) is 5.69 Å². The van der Waals surface area contributed by atoms with E-state index in [0.717, 1.165) is 25.0 Å². The Bertz CT molecular complexity index is 1480. The Morgan fingerprint density at radius 1 is 1.25 bits per heavy atom. The van der Waals surface area contributed by atoms with Crippen LogP contribution in [0, 0.1) is 17.0 Å². The first kappa shape index (κ1) is 29.0. The molecule has 2 N–H and O–H groups in total. The minimum Gasteiger partial charge on any atom is -0.497 e. The van der Waals surface area contributed by atoms with Gasteiger partial charge in [0.25, 0.3) is 11.6 Å². The Balaban J connectivity index is 1.78. The number of rotatable bonds is 12. The molecule has 1 amide bonds. The molecule has 13 nitrogen and oxygen atoms in total. The molecule has 0 radical (unpaired) electrons. The van der Waals surface area contributed by atoms with Gasteiger partial charge in [-0.25, -0.2) is 13.1 Å². The highest BCUT2D eigenvalue weighted by molar-refractivity contribution is 7.89. The average Bonchev–Trinajstić information content (AvgIpc) is 3.59. The second-order valence-electron chi connectivity index (χ2n) is 9.12. The summed E-state index contributed by atoms with van der Waals surface area (Å²) in [4.78, 5) is 23.4. The van der Waals surface area contributed by atoms with Gasteiger partial charge in [0.15, 0.2) is 5.69 Å². The summed E-state index contributed by atoms with van der Waals surface area (Å²) >= 11 is 0. The van der Waals surface area contributed by atoms with Gasteiger partial charge in [-0.15, -0.1) is 0 Å². The molecule has 1 aliphatic heterocycles. The molecular formula is C26H31N5O8S. The van der Waals surface area contributed by atoms with Crippen molar-refractivity contribution in [1.82, 2.24) is 19.8 Å². The van der Waals surface area contributed by atoms with Gasteiger partial charge in [-0.2, -0.15) is 9.78 Å². The first-order valence-corrected chi connectivity index (χ1v) is 14.2. The molecule has 0 saturated carbocycles. The number of carbonyl (C=O) groups excluding carboxylic acids is 1. The van der Waals surface area contributed by atoms with E-state index in [1.165, 1.54) is 17.9 Å². The minimum atomic E-state index is -4.17. The third kappa shape index (κ3) is 6.41. The number of benzene rings is 2. The number of amides is 1. The average molecular weight is 574 g/mol. The number of nitro benzene ring substituents is 1. The zero-order chi connectivity index (χ0) is 28.9. The summed E-state index contributed by atoms with van der Waals surface area (Å²) in [5.41, 5.74) is 0.495. The first-order valence-electron chi connectivity index (χ1n) is 12.7. The molecule has 1 saturated heterocycles. The van der Waals surface area contributed by atoms with E-state index in [-0.39, 0.29) is 30.0 Å². The molecule has 2 aromatic carbocycles. The molecule has 1 fully saturated rings. The van der Waals surface area contributed by atoms with Gasteiger partial charge >= 0.3 is 0 Å². The van der Waals surface area contributed by atoms with Gasteiger partial charge in [-0.05, 0) is 56.5 Å². The fourth-order valence-electron chi connectivity index (χ4n) is 4.13. The van der Waals surface area contributed by atoms with E-state index in [1.54, 1.807) is 38.1 Å². The van der Waals surface area contributed by atoms with Crippen molar-refractivity contribution >= 4 is 21.6 Å². The summed E-state index contributed by atoms with van der Waals surface area (Å²) in [6, 6.07) is 10.1. The lowest BCUT2D eigenvalue weighted by atomic mass is 10.2. The molecule has 214 valence electrons. The third-order valence-electron chi connectivity index (χ3n) is 6.29. The maximum Gasteiger partial charge on any atom is 0.272 e. The number of non-ortho nitro benzene ring substituents is 1. The number of hydrogen-bond donors (Lipinski definition) is 2. The summed E-state index contributed by atoms with van der Waals surface area (Å²) in [6.07, 6.45) is 2.21. The van der Waals surface area contributed by atoms with Gasteiger partial charge in [-0.1, -0.05) is 6.92 Å². The number of nitrogens with zero attached hydrogens (tertiary/aromatic N) is 3. The van der Waals surface area contributed by atoms with Crippen LogP contribution >= 0.6 is 0 Å². The molecule has 0 unspecified atom stereocenters. The highest BCUT2D eigenvalue weighted by Crippen LogP contribution is 2.36. The lowest BCUT2D eigenvalue weighted by Gasteiger charge is -2.14. The number of hydrogen-bond acceptors (Lipinski definition) is 9. The zero-order valence-corrected chi connectivity index (χ0v) is 23.2. The first-order chi connectivity index (χ1) is 19.1. The van der Waals surface area contributed by atoms with E-state index in [9.17, 15) is 23.3 Å². The maximum atomic E-state index is 13.1. The predicted octanol–water partition coefficient (Wildman–Crippen LogP) is 3.49. The van der Waals surface area contributed by atoms with Crippen molar-refractivity contribution in [3.8, 4) is 23.1 Å². The zero-order valence-electron chi connectivity index (χ0n) is 22.4. The Kier molecular flexibility index (Phi) is 9.02. The predicted molar refractivity (Wildman–Crippen MR) is 145 cm³/mol. The molecule has 1 aromatic heterocycles. The van der Waals surface area contributed by atoms with Gasteiger partial charge in [-0.3, -0.25) is 14.9 Å². The lowest BCUT2D eigenvalue weighted by Crippen LogP contribution is -2.32. The van der Waals surface area contributed by atoms with Crippen molar-refractivity contribution in [3.05, 3.63) is 63.8 Å². The van der Waals surface area contributed by atoms with Gasteiger partial charge in [0, 0.05) is 37.4 Å². The van der Waals surface area contributed by atoms with Gasteiger partial charge in [0.1, 0.15) is 16.4 Å². The molecule has 14 heteroatoms. The molecule has 4 rings (SSSR count). The number of methoxy groups -OCH3 is 1. The molecule has 1 atom stereocenters. The second-order valence-corrected chi connectivity index (χ2v) is 10.9. The van der Waals surface area contributed by atoms with Crippen LogP contribution < -0.4 is 19.5 Å². The highest BCUT2D eigenvalue weighted by Gasteiger charge is 2.28. The fourth-order valence-corrected chi connectivity index (χ4v) is 5.41. The molecule has 0 spiro atoms. The Morgan fingerprint density at radius 2 is 2.00 bits per heavy atom. The highest BCUT2D eigenvalue weighted by atomic mass is 32.2. The van der Waals surface area contributed by atoms with E-state index >= 15 is 0 Å². The summed E-state index contributed by atoms with van der Waals surface area (Å²) in [6.45, 7) is 4.50. The van der Waals surface area contributed by atoms with Gasteiger partial charge < -0.3 is 19.5 Å². The Labute approximate surface area is 231 Å². The van der Waals surface area contributed by atoms with Crippen molar-refractivity contribution in [2.24, 2.45) is 0 Å². The van der Waals surface area contributed by atoms with Crippen molar-refractivity contribution in [2.45, 2.75) is 44.1 Å². The quantitative estimate of drug-likeness (QED) is 0.244. The van der Waals surface area contributed by atoms with Gasteiger partial charge in [0.05, 0.1) is 23.8 Å². The summed E-state index contributed by atoms with van der Waals surface area (Å²) in [5, 5.41) is 18.7. The number of nitrogens with one attached hydrogen (secondary N) is 2. The molecule has 3 aromatic rings. The summed E-state index contributed by atoms with van der Waals surface area (Å²) in [5.74, 6) is 0.0353. The molecular weight excluding hydrogens is 542 g/mol. The van der Waals surface area contributed by atoms with Crippen LogP contribution in [0.25, 0.3) is 5.69 Å². The largest absolute Gasteiger partial charge is 0.497 e. The van der Waals surface area contributed by atoms with Crippen molar-refractivity contribution in [3.63, 3.8) is 0 Å². The van der Waals surface area contributed by atoms with Crippen LogP contribution in [0.2, 0.25) is 0 Å². The van der Waals surface area contributed by atoms with E-state index in [1.807, 2.05) is 0 Å². The molecule has 0 aliphatic carbocycles. The van der Waals surface area contributed by atoms with Crippen molar-refractivity contribution in [2.75, 3.05) is 26.8 Å². The minimum absolute atomic E-state index is 0.0632. The van der Waals surface area contributed by atoms with Crippen LogP contribution in [-0.4, -0.2) is 61.9 Å². The van der Waals surface area contributed by atoms with E-state index in [0.29, 0.717) is 36.6 Å². The lowest BCUT2D eigenvalue weighted by molar-refractivity contribution is -0.385. The molecule has 1 aliphatic rings. The third-order valence-corrected chi connectivity index (χ3v) is 7.77. The van der Waals surface area contributed by atoms with E-state index < -0.39 is 31.4 Å². The van der Waals surface area contributed by atoms with Gasteiger partial charge in [0.2, 0.25) is 15.9 Å². The molecule has 0 bridgehead atoms. The van der Waals surface area contributed by atoms with Crippen molar-refractivity contribution in [1.29, 1.82) is 0 Å². The van der Waals surface area contributed by atoms with Crippen molar-refractivity contribution < 1.29 is 32.3 Å². The van der Waals surface area contributed by atoms with Crippen LogP contribution in [0.5, 0.6) is 17.4 Å². The standard InChI is InChI=1S/C26H31N5O8S/c1-4-13-28-40(35,36)23-15-19(31(33)34)9-12-22(23)39-26-17(2)24(25(32)27-16-21-6-5-14-38-21)29-30(26)18-7-10-20(37-3)11-8-18/h7-12,15,21,28H,4-6,13-14,16H2,1-3H3,(H,27,32)/t21-/m1/s1. The monoisotopic (exact) mass is 573 g/mol. The fraction of sp³-hybridized carbons (Fsp3) is 0.385. The topological polar surface area (TPSA) is 164 Å². The Hall–Kier alpha value is -4.01. The van der Waals surface area contributed by atoms with E-state index in [4.69, 9.17) is 14.2 Å². The molecule has 40 heavy (non-hydrogen) atoms. The second kappa shape index (κ2) is 12.4. The number of carbonyl (C=O) groups is 1. The number of aromatic nitrogens is 2. The summed E-state index contributed by atoms with van der Waals surface area (Å²) < 4.78 is 46.9. The smallest absolute Gasteiger partial charge is 0.272 e. The van der Waals surface area contributed by atoms with Crippen LogP contribution in [0.15, 0.2) is 47.4 Å². The normalized spacial score (nSPS) is 15.1. The number of sulfonamides is 1. The maximum absolute atomic E-state index is 13.1. The number of nitro groups is 1. The molecule has 2 heterocycles. The Morgan fingerprint density at radius 3 is 2.62 bits per heavy atom. The van der Waals surface area contributed by atoms with Crippen LogP contribution in [-0.2, 0) is 14.8 Å². The van der Waals surface area contributed by atoms with Crippen LogP contribution in [0.3, 0.4) is 0 Å². The summed E-state index contributed by atoms with van der Waals surface area (Å²) in [7, 11) is -2.65.